The lowest BCUT2D eigenvalue weighted by Crippen LogP contribution is -2.16. The minimum Gasteiger partial charge on any atom is -0.391 e. The van der Waals surface area contributed by atoms with Gasteiger partial charge in [-0.25, -0.2) is 0 Å². The Hall–Kier alpha value is 2.06. The molecule has 0 aromatic heterocycles. The topological polar surface area (TPSA) is 20.2 Å². The summed E-state index contributed by atoms with van der Waals surface area (Å²) in [5.74, 6) is 7.63. The van der Waals surface area contributed by atoms with Crippen molar-refractivity contribution >= 4 is 73.2 Å². The number of rotatable bonds is 12. The molecule has 17 heavy (non-hydrogen) atoms. The predicted octanol–water partition coefficient (Wildman–Crippen LogP) is 2.70. The molecule has 0 heterocycles. The molecule has 0 aromatic carbocycles. The van der Waals surface area contributed by atoms with Gasteiger partial charge in [0.2, 0.25) is 0 Å². The van der Waals surface area contributed by atoms with E-state index in [1.807, 2.05) is 11.8 Å². The van der Waals surface area contributed by atoms with Crippen LogP contribution in [0.4, 0.5) is 0 Å². The molecule has 7 heteroatoms. The average Bonchev–Trinajstić information content (AvgIpc) is 2.30. The zero-order valence-electron chi connectivity index (χ0n) is 9.83. The van der Waals surface area contributed by atoms with E-state index in [4.69, 9.17) is 0 Å². The Morgan fingerprint density at radius 1 is 0.824 bits per heavy atom. The third kappa shape index (κ3) is 14.3. The van der Waals surface area contributed by atoms with Crippen molar-refractivity contribution < 1.29 is 5.11 Å². The van der Waals surface area contributed by atoms with Gasteiger partial charge in [0.15, 0.2) is 0 Å². The highest BCUT2D eigenvalue weighted by molar-refractivity contribution is 8.02. The Balaban J connectivity index is 3.29. The minimum atomic E-state index is -0.199. The van der Waals surface area contributed by atoms with Crippen LogP contribution in [0.1, 0.15) is 0 Å². The molecule has 0 spiro atoms. The Bertz CT molecular complexity index is 144. The Morgan fingerprint density at radius 3 is 1.88 bits per heavy atom. The second-order valence-corrected chi connectivity index (χ2v) is 8.44. The third-order valence-corrected chi connectivity index (χ3v) is 7.13. The first-order chi connectivity index (χ1) is 8.20. The van der Waals surface area contributed by atoms with Crippen molar-refractivity contribution in [2.45, 2.75) is 11.4 Å². The molecule has 0 bridgehead atoms. The summed E-state index contributed by atoms with van der Waals surface area (Å²) in [5, 5.41) is 10.1. The molecule has 2 atom stereocenters. The van der Waals surface area contributed by atoms with Crippen molar-refractivity contribution in [2.75, 3.05) is 46.0 Å². The summed E-state index contributed by atoms with van der Waals surface area (Å²) in [6.45, 7) is 0. The van der Waals surface area contributed by atoms with Crippen LogP contribution >= 0.6 is 73.2 Å². The first-order valence-electron chi connectivity index (χ1n) is 5.51. The van der Waals surface area contributed by atoms with Crippen molar-refractivity contribution in [3.63, 3.8) is 0 Å². The maximum Gasteiger partial charge on any atom is 0.0720 e. The van der Waals surface area contributed by atoms with Crippen LogP contribution in [0.2, 0.25) is 0 Å². The molecule has 2 unspecified atom stereocenters. The number of aliphatic hydroxyl groups excluding tert-OH is 1. The van der Waals surface area contributed by atoms with Gasteiger partial charge in [-0.2, -0.15) is 73.2 Å². The molecule has 0 aromatic rings. The second kappa shape index (κ2) is 14.5. The third-order valence-electron chi connectivity index (χ3n) is 1.71. The van der Waals surface area contributed by atoms with E-state index >= 15 is 0 Å². The van der Waals surface area contributed by atoms with Gasteiger partial charge in [-0.3, -0.25) is 0 Å². The molecule has 0 fully saturated rings. The van der Waals surface area contributed by atoms with Gasteiger partial charge in [-0.1, -0.05) is 0 Å². The molecule has 0 saturated carbocycles. The average molecular weight is 351 g/mol. The fraction of sp³-hybridized carbons (Fsp3) is 1.00. The molecule has 0 rings (SSSR count). The van der Waals surface area contributed by atoms with Gasteiger partial charge in [0.1, 0.15) is 0 Å². The van der Waals surface area contributed by atoms with E-state index in [0.29, 0.717) is 5.25 Å². The van der Waals surface area contributed by atoms with Crippen LogP contribution < -0.4 is 0 Å². The van der Waals surface area contributed by atoms with Crippen molar-refractivity contribution in [3.8, 4) is 0 Å². The lowest BCUT2D eigenvalue weighted by molar-refractivity contribution is 0.225. The molecule has 0 aliphatic heterocycles. The van der Waals surface area contributed by atoms with Crippen LogP contribution in [0.15, 0.2) is 0 Å². The summed E-state index contributed by atoms with van der Waals surface area (Å²) in [7, 11) is 0. The first-order valence-corrected chi connectivity index (χ1v) is 10.8. The van der Waals surface area contributed by atoms with Gasteiger partial charge in [0, 0.05) is 39.8 Å². The lowest BCUT2D eigenvalue weighted by Gasteiger charge is -2.12. The van der Waals surface area contributed by atoms with Crippen LogP contribution in [-0.2, 0) is 0 Å². The van der Waals surface area contributed by atoms with Crippen LogP contribution in [0, 0.1) is 0 Å². The normalized spacial score (nSPS) is 14.8. The van der Waals surface area contributed by atoms with Gasteiger partial charge in [-0.05, 0) is 11.5 Å². The Kier molecular flexibility index (Phi) is 16.2. The molecule has 0 aliphatic rings. The van der Waals surface area contributed by atoms with Crippen molar-refractivity contribution in [3.05, 3.63) is 0 Å². The van der Waals surface area contributed by atoms with Gasteiger partial charge in [-0.15, -0.1) is 0 Å². The maximum absolute atomic E-state index is 9.70. The first kappa shape index (κ1) is 19.1. The highest BCUT2D eigenvalue weighted by atomic mass is 32.2. The fourth-order valence-corrected chi connectivity index (χ4v) is 5.00. The number of thioether (sulfide) groups is 3. The van der Waals surface area contributed by atoms with Crippen molar-refractivity contribution in [1.82, 2.24) is 0 Å². The number of hydrogen-bond donors (Lipinski definition) is 4. The molecule has 0 radical (unpaired) electrons. The van der Waals surface area contributed by atoms with Crippen LogP contribution in [0.25, 0.3) is 0 Å². The van der Waals surface area contributed by atoms with E-state index in [1.165, 1.54) is 0 Å². The van der Waals surface area contributed by atoms with Crippen molar-refractivity contribution in [2.24, 2.45) is 0 Å². The zero-order chi connectivity index (χ0) is 12.9. The molecule has 0 aliphatic carbocycles. The Morgan fingerprint density at radius 2 is 1.29 bits per heavy atom. The maximum atomic E-state index is 9.70. The molecular formula is C10H22OS6. The second-order valence-electron chi connectivity index (χ2n) is 3.44. The van der Waals surface area contributed by atoms with Crippen molar-refractivity contribution in [1.29, 1.82) is 0 Å². The summed E-state index contributed by atoms with van der Waals surface area (Å²) in [5.41, 5.74) is 0. The predicted molar refractivity (Wildman–Crippen MR) is 98.5 cm³/mol. The van der Waals surface area contributed by atoms with E-state index in [2.05, 4.69) is 37.9 Å². The van der Waals surface area contributed by atoms with Gasteiger partial charge < -0.3 is 5.11 Å². The molecule has 0 saturated heterocycles. The summed E-state index contributed by atoms with van der Waals surface area (Å²) in [6.07, 6.45) is -0.199. The van der Waals surface area contributed by atoms with Crippen LogP contribution in [-0.4, -0.2) is 62.5 Å². The summed E-state index contributed by atoms with van der Waals surface area (Å²) in [4.78, 5) is 0. The van der Waals surface area contributed by atoms with E-state index < -0.39 is 0 Å². The molecule has 0 amide bonds. The van der Waals surface area contributed by atoms with E-state index in [0.717, 1.165) is 46.0 Å². The lowest BCUT2D eigenvalue weighted by atomic mass is 10.5. The highest BCUT2D eigenvalue weighted by Gasteiger charge is 2.07. The smallest absolute Gasteiger partial charge is 0.0720 e. The van der Waals surface area contributed by atoms with E-state index in [1.54, 1.807) is 23.5 Å². The molecule has 1 nitrogen and oxygen atoms in total. The number of hydrogen-bond acceptors (Lipinski definition) is 7. The zero-order valence-corrected chi connectivity index (χ0v) is 15.0. The molecule has 1 N–H and O–H groups in total. The largest absolute Gasteiger partial charge is 0.391 e. The van der Waals surface area contributed by atoms with Crippen LogP contribution in [0.5, 0.6) is 0 Å². The Labute approximate surface area is 135 Å². The van der Waals surface area contributed by atoms with Gasteiger partial charge in [0.05, 0.1) is 6.10 Å². The number of thiol groups is 3. The number of aliphatic hydroxyl groups is 1. The van der Waals surface area contributed by atoms with Crippen LogP contribution in [0.3, 0.4) is 0 Å². The highest BCUT2D eigenvalue weighted by Crippen LogP contribution is 2.15. The summed E-state index contributed by atoms with van der Waals surface area (Å²) < 4.78 is 0. The van der Waals surface area contributed by atoms with Gasteiger partial charge in [0.25, 0.3) is 0 Å². The summed E-state index contributed by atoms with van der Waals surface area (Å²) >= 11 is 18.3. The monoisotopic (exact) mass is 350 g/mol. The van der Waals surface area contributed by atoms with E-state index in [9.17, 15) is 5.11 Å². The van der Waals surface area contributed by atoms with E-state index in [-0.39, 0.29) is 6.10 Å². The molecular weight excluding hydrogens is 329 g/mol. The molecule has 104 valence electrons. The standard InChI is InChI=1S/C10H22OS6/c11-9(5-15-3-1-12)6-17-8-10(14)7-16-4-2-13/h9-14H,1-8H2. The quantitative estimate of drug-likeness (QED) is 0.320. The SMILES string of the molecule is OC(CSCCS)CSCC(S)CSCCS. The minimum absolute atomic E-state index is 0.199. The van der Waals surface area contributed by atoms with Gasteiger partial charge >= 0.3 is 0 Å². The fourth-order valence-electron chi connectivity index (χ4n) is 1.00. The summed E-state index contributed by atoms with van der Waals surface area (Å²) in [6, 6.07) is 0.